The number of hydrogen-bond acceptors (Lipinski definition) is 4. The lowest BCUT2D eigenvalue weighted by Crippen LogP contribution is -2.24. The molecule has 5 heteroatoms. The van der Waals surface area contributed by atoms with Crippen molar-refractivity contribution >= 4 is 0 Å². The molecule has 0 amide bonds. The molecule has 0 bridgehead atoms. The molecule has 1 aromatic rings. The van der Waals surface area contributed by atoms with Crippen LogP contribution in [0.25, 0.3) is 0 Å². The Labute approximate surface area is 89.5 Å². The summed E-state index contributed by atoms with van der Waals surface area (Å²) in [7, 11) is 1.87. The van der Waals surface area contributed by atoms with Gasteiger partial charge in [-0.2, -0.15) is 0 Å². The first-order valence-corrected chi connectivity index (χ1v) is 5.41. The maximum absolute atomic E-state index is 8.91. The van der Waals surface area contributed by atoms with Crippen molar-refractivity contribution in [1.29, 1.82) is 0 Å². The fourth-order valence-electron chi connectivity index (χ4n) is 1.86. The van der Waals surface area contributed by atoms with E-state index < -0.39 is 0 Å². The quantitative estimate of drug-likeness (QED) is 0.697. The van der Waals surface area contributed by atoms with Gasteiger partial charge >= 0.3 is 0 Å². The summed E-state index contributed by atoms with van der Waals surface area (Å²) in [6.45, 7) is 2.04. The van der Waals surface area contributed by atoms with Crippen LogP contribution >= 0.6 is 0 Å². The molecular weight excluding hydrogens is 192 g/mol. The Bertz CT molecular complexity index is 319. The van der Waals surface area contributed by atoms with Gasteiger partial charge in [-0.05, 0) is 24.7 Å². The number of nitrogens with zero attached hydrogens (tertiary/aromatic N) is 3. The maximum atomic E-state index is 8.91. The highest BCUT2D eigenvalue weighted by molar-refractivity contribution is 4.96. The summed E-state index contributed by atoms with van der Waals surface area (Å²) in [5.41, 5.74) is 1.34. The zero-order chi connectivity index (χ0) is 10.7. The van der Waals surface area contributed by atoms with Gasteiger partial charge in [0, 0.05) is 32.9 Å². The van der Waals surface area contributed by atoms with Crippen molar-refractivity contribution in [3.63, 3.8) is 0 Å². The number of aryl methyl sites for hydroxylation is 1. The average molecular weight is 210 g/mol. The fraction of sp³-hybridized carbons (Fsp3) is 0.800. The average Bonchev–Trinajstić information content (AvgIpc) is 2.83. The summed E-state index contributed by atoms with van der Waals surface area (Å²) in [4.78, 5) is 0. The molecule has 1 aliphatic carbocycles. The van der Waals surface area contributed by atoms with E-state index in [2.05, 4.69) is 15.6 Å². The first-order valence-electron chi connectivity index (χ1n) is 5.41. The number of aliphatic hydroxyl groups excluding tert-OH is 1. The molecule has 1 heterocycles. The predicted octanol–water partition coefficient (Wildman–Crippen LogP) is 0.0673. The molecule has 5 nitrogen and oxygen atoms in total. The van der Waals surface area contributed by atoms with Gasteiger partial charge in [0.15, 0.2) is 0 Å². The molecule has 2 N–H and O–H groups in total. The Balaban J connectivity index is 1.71. The minimum atomic E-state index is 0.298. The molecule has 0 spiro atoms. The summed E-state index contributed by atoms with van der Waals surface area (Å²) in [5, 5.41) is 20.2. The van der Waals surface area contributed by atoms with Gasteiger partial charge in [0.05, 0.1) is 5.69 Å². The maximum Gasteiger partial charge on any atom is 0.0964 e. The summed E-state index contributed by atoms with van der Waals surface area (Å²) in [6, 6.07) is 0. The van der Waals surface area contributed by atoms with E-state index in [1.165, 1.54) is 12.8 Å². The lowest BCUT2D eigenvalue weighted by Gasteiger charge is -2.13. The highest BCUT2D eigenvalue weighted by atomic mass is 16.3. The van der Waals surface area contributed by atoms with Crippen LogP contribution in [0.3, 0.4) is 0 Å². The number of hydrogen-bond donors (Lipinski definition) is 2. The Kier molecular flexibility index (Phi) is 3.02. The van der Waals surface area contributed by atoms with Crippen LogP contribution in [-0.4, -0.2) is 33.3 Å². The number of aliphatic hydroxyl groups is 1. The van der Waals surface area contributed by atoms with E-state index in [0.29, 0.717) is 12.0 Å². The van der Waals surface area contributed by atoms with Crippen LogP contribution in [0.4, 0.5) is 0 Å². The molecule has 84 valence electrons. The summed E-state index contributed by atoms with van der Waals surface area (Å²) in [5.74, 6) is 0. The fourth-order valence-corrected chi connectivity index (χ4v) is 1.86. The van der Waals surface area contributed by atoms with Crippen molar-refractivity contribution in [2.24, 2.45) is 12.5 Å². The van der Waals surface area contributed by atoms with Crippen molar-refractivity contribution in [2.45, 2.75) is 25.8 Å². The minimum absolute atomic E-state index is 0.298. The molecule has 0 aliphatic heterocycles. The van der Waals surface area contributed by atoms with Crippen LogP contribution in [0, 0.1) is 5.41 Å². The van der Waals surface area contributed by atoms with Crippen molar-refractivity contribution < 1.29 is 5.11 Å². The molecule has 1 fully saturated rings. The van der Waals surface area contributed by atoms with Gasteiger partial charge < -0.3 is 10.4 Å². The monoisotopic (exact) mass is 210 g/mol. The van der Waals surface area contributed by atoms with Crippen LogP contribution in [-0.2, 0) is 13.6 Å². The molecule has 15 heavy (non-hydrogen) atoms. The smallest absolute Gasteiger partial charge is 0.0964 e. The van der Waals surface area contributed by atoms with E-state index in [-0.39, 0.29) is 0 Å². The zero-order valence-electron chi connectivity index (χ0n) is 9.11. The highest BCUT2D eigenvalue weighted by Crippen LogP contribution is 2.47. The van der Waals surface area contributed by atoms with Crippen molar-refractivity contribution in [2.75, 3.05) is 13.2 Å². The van der Waals surface area contributed by atoms with Crippen LogP contribution in [0.5, 0.6) is 0 Å². The molecule has 2 rings (SSSR count). The van der Waals surface area contributed by atoms with Crippen LogP contribution in [0.1, 0.15) is 25.0 Å². The van der Waals surface area contributed by atoms with Gasteiger partial charge in [-0.15, -0.1) is 5.10 Å². The normalized spacial score (nSPS) is 18.0. The van der Waals surface area contributed by atoms with Gasteiger partial charge in [0.1, 0.15) is 0 Å². The van der Waals surface area contributed by atoms with E-state index in [1.807, 2.05) is 13.2 Å². The summed E-state index contributed by atoms with van der Waals surface area (Å²) >= 11 is 0. The number of nitrogens with one attached hydrogen (secondary N) is 1. The molecule has 1 aromatic heterocycles. The lowest BCUT2D eigenvalue weighted by molar-refractivity contribution is 0.245. The third-order valence-corrected chi connectivity index (χ3v) is 3.06. The van der Waals surface area contributed by atoms with Gasteiger partial charge in [0.2, 0.25) is 0 Å². The largest absolute Gasteiger partial charge is 0.396 e. The topological polar surface area (TPSA) is 63.0 Å². The minimum Gasteiger partial charge on any atom is -0.396 e. The van der Waals surface area contributed by atoms with Crippen LogP contribution in [0.15, 0.2) is 6.20 Å². The van der Waals surface area contributed by atoms with Crippen molar-refractivity contribution in [3.8, 4) is 0 Å². The summed E-state index contributed by atoms with van der Waals surface area (Å²) in [6.07, 6.45) is 5.31. The third-order valence-electron chi connectivity index (χ3n) is 3.06. The molecular formula is C10H18N4O. The molecule has 0 saturated heterocycles. The molecule has 1 saturated carbocycles. The zero-order valence-corrected chi connectivity index (χ0v) is 9.11. The molecule has 0 unspecified atom stereocenters. The third kappa shape index (κ3) is 2.76. The SMILES string of the molecule is Cn1cc(CNCC2(CCO)CC2)nn1. The highest BCUT2D eigenvalue weighted by Gasteiger charge is 2.41. The van der Waals surface area contributed by atoms with Crippen molar-refractivity contribution in [1.82, 2.24) is 20.3 Å². The number of aromatic nitrogens is 3. The van der Waals surface area contributed by atoms with E-state index >= 15 is 0 Å². The van der Waals surface area contributed by atoms with Gasteiger partial charge in [-0.3, -0.25) is 4.68 Å². The van der Waals surface area contributed by atoms with Crippen LogP contribution < -0.4 is 5.32 Å². The van der Waals surface area contributed by atoms with E-state index in [1.54, 1.807) is 4.68 Å². The lowest BCUT2D eigenvalue weighted by atomic mass is 10.0. The Morgan fingerprint density at radius 1 is 1.60 bits per heavy atom. The second kappa shape index (κ2) is 4.28. The predicted molar refractivity (Wildman–Crippen MR) is 56.1 cm³/mol. The Hall–Kier alpha value is -0.940. The first-order chi connectivity index (χ1) is 7.24. The Morgan fingerprint density at radius 2 is 2.40 bits per heavy atom. The second-order valence-electron chi connectivity index (χ2n) is 4.46. The van der Waals surface area contributed by atoms with E-state index in [0.717, 1.165) is 25.2 Å². The van der Waals surface area contributed by atoms with Gasteiger partial charge in [-0.25, -0.2) is 0 Å². The standard InChI is InChI=1S/C10H18N4O/c1-14-7-9(12-13-14)6-11-8-10(2-3-10)4-5-15/h7,11,15H,2-6,8H2,1H3. The molecule has 0 atom stereocenters. The second-order valence-corrected chi connectivity index (χ2v) is 4.46. The molecule has 1 aliphatic rings. The molecule has 0 aromatic carbocycles. The number of rotatable bonds is 6. The van der Waals surface area contributed by atoms with Gasteiger partial charge in [-0.1, -0.05) is 5.21 Å². The van der Waals surface area contributed by atoms with Gasteiger partial charge in [0.25, 0.3) is 0 Å². The molecule has 0 radical (unpaired) electrons. The Morgan fingerprint density at radius 3 is 2.93 bits per heavy atom. The summed E-state index contributed by atoms with van der Waals surface area (Å²) < 4.78 is 1.71. The van der Waals surface area contributed by atoms with Crippen molar-refractivity contribution in [3.05, 3.63) is 11.9 Å². The van der Waals surface area contributed by atoms with E-state index in [9.17, 15) is 0 Å². The first kappa shape index (κ1) is 10.6. The van der Waals surface area contributed by atoms with Crippen LogP contribution in [0.2, 0.25) is 0 Å². The van der Waals surface area contributed by atoms with E-state index in [4.69, 9.17) is 5.11 Å².